The molecule has 0 unspecified atom stereocenters. The molecule has 1 aromatic heterocycles. The van der Waals surface area contributed by atoms with Crippen LogP contribution < -0.4 is 9.47 Å². The lowest BCUT2D eigenvalue weighted by atomic mass is 10.1. The maximum Gasteiger partial charge on any atom is 0.204 e. The summed E-state index contributed by atoms with van der Waals surface area (Å²) in [6.45, 7) is 0. The van der Waals surface area contributed by atoms with Crippen LogP contribution in [0, 0.1) is 0 Å². The summed E-state index contributed by atoms with van der Waals surface area (Å²) < 4.78 is 10.4. The Balaban J connectivity index is 2.21. The van der Waals surface area contributed by atoms with Gasteiger partial charge in [-0.05, 0) is 36.4 Å². The first kappa shape index (κ1) is 13.8. The molecule has 0 saturated heterocycles. The van der Waals surface area contributed by atoms with Crippen molar-refractivity contribution in [1.82, 2.24) is 4.98 Å². The van der Waals surface area contributed by atoms with Crippen molar-refractivity contribution in [3.8, 4) is 11.5 Å². The van der Waals surface area contributed by atoms with Crippen LogP contribution in [0.2, 0.25) is 0 Å². The summed E-state index contributed by atoms with van der Waals surface area (Å²) in [5.41, 5.74) is 1.22. The zero-order valence-corrected chi connectivity index (χ0v) is 11.4. The van der Waals surface area contributed by atoms with E-state index in [9.17, 15) is 4.79 Å². The zero-order valence-electron chi connectivity index (χ0n) is 11.4. The molecule has 2 rings (SSSR count). The van der Waals surface area contributed by atoms with Gasteiger partial charge in [0.05, 0.1) is 14.2 Å². The maximum absolute atomic E-state index is 11.9. The molecule has 4 heteroatoms. The summed E-state index contributed by atoms with van der Waals surface area (Å²) in [4.78, 5) is 15.9. The van der Waals surface area contributed by atoms with E-state index < -0.39 is 0 Å². The van der Waals surface area contributed by atoms with Crippen molar-refractivity contribution in [2.24, 2.45) is 0 Å². The molecule has 0 radical (unpaired) electrons. The van der Waals surface area contributed by atoms with Crippen LogP contribution in [0.3, 0.4) is 0 Å². The van der Waals surface area contributed by atoms with Crippen molar-refractivity contribution in [3.63, 3.8) is 0 Å². The predicted octanol–water partition coefficient (Wildman–Crippen LogP) is 2.99. The van der Waals surface area contributed by atoms with Crippen LogP contribution >= 0.6 is 0 Å². The number of hydrogen-bond donors (Lipinski definition) is 0. The van der Waals surface area contributed by atoms with Crippen LogP contribution in [0.25, 0.3) is 6.08 Å². The second kappa shape index (κ2) is 6.52. The Labute approximate surface area is 117 Å². The number of ether oxygens (including phenoxy) is 2. The Kier molecular flexibility index (Phi) is 4.50. The van der Waals surface area contributed by atoms with Gasteiger partial charge in [-0.15, -0.1) is 0 Å². The van der Waals surface area contributed by atoms with Gasteiger partial charge in [0.2, 0.25) is 5.78 Å². The van der Waals surface area contributed by atoms with Crippen LogP contribution in [0.15, 0.2) is 48.7 Å². The third-order valence-electron chi connectivity index (χ3n) is 2.77. The standard InChI is InChI=1S/C16H15NO3/c1-19-13-8-6-12(16(11-13)20-2)7-9-15(18)14-5-3-4-10-17-14/h3-11H,1-2H3. The Morgan fingerprint density at radius 1 is 1.15 bits per heavy atom. The van der Waals surface area contributed by atoms with Crippen LogP contribution in [-0.4, -0.2) is 25.0 Å². The van der Waals surface area contributed by atoms with Gasteiger partial charge >= 0.3 is 0 Å². The lowest BCUT2D eigenvalue weighted by molar-refractivity contribution is 0.104. The molecule has 0 aliphatic heterocycles. The Morgan fingerprint density at radius 3 is 2.65 bits per heavy atom. The number of allylic oxidation sites excluding steroid dienone is 1. The molecule has 0 aliphatic rings. The molecule has 0 N–H and O–H groups in total. The van der Waals surface area contributed by atoms with E-state index in [1.807, 2.05) is 12.1 Å². The van der Waals surface area contributed by atoms with Gasteiger partial charge in [0.15, 0.2) is 0 Å². The Morgan fingerprint density at radius 2 is 2.00 bits per heavy atom. The summed E-state index contributed by atoms with van der Waals surface area (Å²) in [5.74, 6) is 1.20. The number of methoxy groups -OCH3 is 2. The average Bonchev–Trinajstić information content (AvgIpc) is 2.53. The zero-order chi connectivity index (χ0) is 14.4. The first-order chi connectivity index (χ1) is 9.74. The van der Waals surface area contributed by atoms with Crippen molar-refractivity contribution < 1.29 is 14.3 Å². The van der Waals surface area contributed by atoms with E-state index in [1.54, 1.807) is 50.8 Å². The molecule has 1 aromatic carbocycles. The topological polar surface area (TPSA) is 48.4 Å². The van der Waals surface area contributed by atoms with E-state index in [4.69, 9.17) is 9.47 Å². The van der Waals surface area contributed by atoms with E-state index in [-0.39, 0.29) is 5.78 Å². The van der Waals surface area contributed by atoms with Crippen molar-refractivity contribution in [3.05, 3.63) is 59.9 Å². The Bertz CT molecular complexity index is 621. The monoisotopic (exact) mass is 269 g/mol. The molecule has 0 spiro atoms. The number of carbonyl (C=O) groups is 1. The molecule has 1 heterocycles. The fourth-order valence-corrected chi connectivity index (χ4v) is 1.72. The van der Waals surface area contributed by atoms with Gasteiger partial charge in [-0.3, -0.25) is 9.78 Å². The largest absolute Gasteiger partial charge is 0.497 e. The van der Waals surface area contributed by atoms with Crippen molar-refractivity contribution in [1.29, 1.82) is 0 Å². The molecule has 0 bridgehead atoms. The lowest BCUT2D eigenvalue weighted by Crippen LogP contribution is -1.97. The van der Waals surface area contributed by atoms with E-state index in [1.165, 1.54) is 6.08 Å². The van der Waals surface area contributed by atoms with Gasteiger partial charge in [0.25, 0.3) is 0 Å². The highest BCUT2D eigenvalue weighted by molar-refractivity contribution is 6.05. The number of pyridine rings is 1. The molecule has 2 aromatic rings. The maximum atomic E-state index is 11.9. The van der Waals surface area contributed by atoms with Gasteiger partial charge in [-0.1, -0.05) is 6.07 Å². The normalized spacial score (nSPS) is 10.5. The number of carbonyl (C=O) groups excluding carboxylic acids is 1. The third kappa shape index (κ3) is 3.23. The molecule has 0 aliphatic carbocycles. The van der Waals surface area contributed by atoms with Crippen LogP contribution in [-0.2, 0) is 0 Å². The molecule has 0 fully saturated rings. The second-order valence-electron chi connectivity index (χ2n) is 4.02. The summed E-state index contributed by atoms with van der Waals surface area (Å²) in [5, 5.41) is 0. The quantitative estimate of drug-likeness (QED) is 0.618. The SMILES string of the molecule is COc1ccc(C=CC(=O)c2ccccn2)c(OC)c1. The molecule has 4 nitrogen and oxygen atoms in total. The van der Waals surface area contributed by atoms with Crippen molar-refractivity contribution in [2.75, 3.05) is 14.2 Å². The molecule has 20 heavy (non-hydrogen) atoms. The van der Waals surface area contributed by atoms with E-state index in [2.05, 4.69) is 4.98 Å². The van der Waals surface area contributed by atoms with E-state index in [0.29, 0.717) is 17.2 Å². The molecule has 0 amide bonds. The number of aromatic nitrogens is 1. The molecule has 0 atom stereocenters. The highest BCUT2D eigenvalue weighted by Crippen LogP contribution is 2.25. The number of ketones is 1. The summed E-state index contributed by atoms with van der Waals surface area (Å²) in [6, 6.07) is 10.6. The fraction of sp³-hybridized carbons (Fsp3) is 0.125. The van der Waals surface area contributed by atoms with Crippen LogP contribution in [0.5, 0.6) is 11.5 Å². The highest BCUT2D eigenvalue weighted by atomic mass is 16.5. The number of nitrogens with zero attached hydrogens (tertiary/aromatic N) is 1. The number of benzene rings is 1. The fourth-order valence-electron chi connectivity index (χ4n) is 1.72. The minimum Gasteiger partial charge on any atom is -0.497 e. The van der Waals surface area contributed by atoms with Crippen molar-refractivity contribution in [2.45, 2.75) is 0 Å². The summed E-state index contributed by atoms with van der Waals surface area (Å²) in [7, 11) is 3.17. The molecular weight excluding hydrogens is 254 g/mol. The van der Waals surface area contributed by atoms with Gasteiger partial charge in [0, 0.05) is 17.8 Å². The first-order valence-corrected chi connectivity index (χ1v) is 6.10. The molecule has 0 saturated carbocycles. The van der Waals surface area contributed by atoms with Gasteiger partial charge in [-0.25, -0.2) is 0 Å². The second-order valence-corrected chi connectivity index (χ2v) is 4.02. The molecular formula is C16H15NO3. The average molecular weight is 269 g/mol. The van der Waals surface area contributed by atoms with Gasteiger partial charge in [0.1, 0.15) is 17.2 Å². The predicted molar refractivity (Wildman–Crippen MR) is 77.1 cm³/mol. The van der Waals surface area contributed by atoms with E-state index >= 15 is 0 Å². The van der Waals surface area contributed by atoms with Gasteiger partial charge in [-0.2, -0.15) is 0 Å². The number of hydrogen-bond acceptors (Lipinski definition) is 4. The van der Waals surface area contributed by atoms with E-state index in [0.717, 1.165) is 5.56 Å². The number of rotatable bonds is 5. The van der Waals surface area contributed by atoms with Crippen molar-refractivity contribution >= 4 is 11.9 Å². The Hall–Kier alpha value is -2.62. The molecule has 102 valence electrons. The smallest absolute Gasteiger partial charge is 0.204 e. The lowest BCUT2D eigenvalue weighted by Gasteiger charge is -2.07. The summed E-state index contributed by atoms with van der Waals surface area (Å²) in [6.07, 6.45) is 4.77. The minimum atomic E-state index is -0.150. The van der Waals surface area contributed by atoms with Crippen LogP contribution in [0.1, 0.15) is 16.1 Å². The minimum absolute atomic E-state index is 0.150. The third-order valence-corrected chi connectivity index (χ3v) is 2.77. The van der Waals surface area contributed by atoms with Gasteiger partial charge < -0.3 is 9.47 Å². The van der Waals surface area contributed by atoms with Crippen LogP contribution in [0.4, 0.5) is 0 Å². The summed E-state index contributed by atoms with van der Waals surface area (Å²) >= 11 is 0. The first-order valence-electron chi connectivity index (χ1n) is 6.10. The highest BCUT2D eigenvalue weighted by Gasteiger charge is 2.05.